The lowest BCUT2D eigenvalue weighted by molar-refractivity contribution is -0.137. The SMILES string of the molecule is O=C(OCc1ccc(C(F)(F)F)cc1)N1CCC(NCC2CCN(C(=O)c3ccc4n[nH]nc4c3)C2)CC1. The molecule has 202 valence electrons. The van der Waals surface area contributed by atoms with Crippen LogP contribution in [0.15, 0.2) is 42.5 Å². The zero-order valence-electron chi connectivity index (χ0n) is 20.7. The maximum absolute atomic E-state index is 12.9. The number of halogens is 3. The quantitative estimate of drug-likeness (QED) is 0.502. The van der Waals surface area contributed by atoms with E-state index in [0.717, 1.165) is 43.5 Å². The predicted octanol–water partition coefficient (Wildman–Crippen LogP) is 3.83. The van der Waals surface area contributed by atoms with Crippen LogP contribution in [0.2, 0.25) is 0 Å². The first kappa shape index (κ1) is 26.0. The van der Waals surface area contributed by atoms with E-state index < -0.39 is 17.8 Å². The van der Waals surface area contributed by atoms with E-state index >= 15 is 0 Å². The molecule has 3 heterocycles. The maximum Gasteiger partial charge on any atom is 0.416 e. The Hall–Kier alpha value is -3.67. The molecule has 0 bridgehead atoms. The largest absolute Gasteiger partial charge is 0.445 e. The second kappa shape index (κ2) is 11.0. The number of alkyl halides is 3. The number of H-pyrrole nitrogens is 1. The van der Waals surface area contributed by atoms with Crippen LogP contribution in [0.3, 0.4) is 0 Å². The van der Waals surface area contributed by atoms with Gasteiger partial charge in [0.2, 0.25) is 0 Å². The fraction of sp³-hybridized carbons (Fsp3) is 0.462. The smallest absolute Gasteiger partial charge is 0.416 e. The average molecular weight is 531 g/mol. The number of amides is 2. The number of likely N-dealkylation sites (tertiary alicyclic amines) is 2. The number of carbonyl (C=O) groups excluding carboxylic acids is 2. The van der Waals surface area contributed by atoms with Gasteiger partial charge < -0.3 is 19.9 Å². The van der Waals surface area contributed by atoms with Gasteiger partial charge in [-0.25, -0.2) is 4.79 Å². The van der Waals surface area contributed by atoms with Gasteiger partial charge in [0.1, 0.15) is 17.6 Å². The van der Waals surface area contributed by atoms with Crippen molar-refractivity contribution in [2.24, 2.45) is 5.92 Å². The van der Waals surface area contributed by atoms with Crippen LogP contribution in [0.25, 0.3) is 11.0 Å². The molecular formula is C26H29F3N6O3. The molecule has 2 saturated heterocycles. The van der Waals surface area contributed by atoms with Gasteiger partial charge in [-0.05, 0) is 67.6 Å². The van der Waals surface area contributed by atoms with Crippen molar-refractivity contribution in [3.05, 3.63) is 59.2 Å². The Balaban J connectivity index is 1.01. The summed E-state index contributed by atoms with van der Waals surface area (Å²) in [6, 6.07) is 10.2. The molecule has 2 amide bonds. The molecule has 2 aromatic carbocycles. The third-order valence-electron chi connectivity index (χ3n) is 7.23. The standard InChI is InChI=1S/C26H29F3N6O3/c27-26(28,29)20-4-1-17(2-5-20)16-38-25(37)34-11-8-21(9-12-34)30-14-18-7-10-35(15-18)24(36)19-3-6-22-23(13-19)32-33-31-22/h1-6,13,18,21,30H,7-12,14-16H2,(H,31,32,33). The number of nitrogens with zero attached hydrogens (tertiary/aromatic N) is 4. The minimum atomic E-state index is -4.39. The van der Waals surface area contributed by atoms with Crippen molar-refractivity contribution in [1.82, 2.24) is 30.5 Å². The number of fused-ring (bicyclic) bond motifs is 1. The van der Waals surface area contributed by atoms with Crippen molar-refractivity contribution < 1.29 is 27.5 Å². The van der Waals surface area contributed by atoms with Gasteiger partial charge in [0.25, 0.3) is 5.91 Å². The number of aromatic nitrogens is 3. The minimum absolute atomic E-state index is 0.000478. The van der Waals surface area contributed by atoms with Crippen LogP contribution in [-0.4, -0.2) is 76.0 Å². The van der Waals surface area contributed by atoms with Gasteiger partial charge in [0.15, 0.2) is 0 Å². The molecule has 2 aliphatic rings. The Labute approximate surface area is 217 Å². The molecule has 0 aliphatic carbocycles. The lowest BCUT2D eigenvalue weighted by Crippen LogP contribution is -2.46. The van der Waals surface area contributed by atoms with Crippen molar-refractivity contribution in [1.29, 1.82) is 0 Å². The number of benzene rings is 2. The Bertz CT molecular complexity index is 1270. The zero-order valence-corrected chi connectivity index (χ0v) is 20.7. The Morgan fingerprint density at radius 3 is 2.42 bits per heavy atom. The summed E-state index contributed by atoms with van der Waals surface area (Å²) in [6.45, 7) is 3.23. The second-order valence-electron chi connectivity index (χ2n) is 9.85. The molecule has 38 heavy (non-hydrogen) atoms. The molecule has 1 aromatic heterocycles. The van der Waals surface area contributed by atoms with Gasteiger partial charge in [0.05, 0.1) is 5.56 Å². The summed E-state index contributed by atoms with van der Waals surface area (Å²) in [5.41, 5.74) is 1.78. The molecule has 5 rings (SSSR count). The van der Waals surface area contributed by atoms with Crippen molar-refractivity contribution in [2.45, 2.75) is 38.1 Å². The Kier molecular flexibility index (Phi) is 7.50. The van der Waals surface area contributed by atoms with Crippen LogP contribution in [0, 0.1) is 5.92 Å². The number of carbonyl (C=O) groups is 2. The third-order valence-corrected chi connectivity index (χ3v) is 7.23. The lowest BCUT2D eigenvalue weighted by Gasteiger charge is -2.32. The molecule has 1 unspecified atom stereocenters. The van der Waals surface area contributed by atoms with Gasteiger partial charge in [-0.3, -0.25) is 4.79 Å². The van der Waals surface area contributed by atoms with E-state index in [-0.39, 0.29) is 18.6 Å². The van der Waals surface area contributed by atoms with E-state index in [2.05, 4.69) is 20.7 Å². The van der Waals surface area contributed by atoms with Crippen molar-refractivity contribution in [2.75, 3.05) is 32.7 Å². The molecule has 1 atom stereocenters. The van der Waals surface area contributed by atoms with Gasteiger partial charge in [-0.2, -0.15) is 28.6 Å². The summed E-state index contributed by atoms with van der Waals surface area (Å²) in [4.78, 5) is 28.8. The van der Waals surface area contributed by atoms with E-state index in [0.29, 0.717) is 48.7 Å². The first-order chi connectivity index (χ1) is 18.3. The highest BCUT2D eigenvalue weighted by molar-refractivity contribution is 5.97. The van der Waals surface area contributed by atoms with E-state index in [9.17, 15) is 22.8 Å². The van der Waals surface area contributed by atoms with E-state index in [1.807, 2.05) is 4.90 Å². The predicted molar refractivity (Wildman–Crippen MR) is 132 cm³/mol. The van der Waals surface area contributed by atoms with Crippen LogP contribution in [-0.2, 0) is 17.5 Å². The molecule has 0 spiro atoms. The van der Waals surface area contributed by atoms with Crippen molar-refractivity contribution >= 4 is 23.0 Å². The van der Waals surface area contributed by atoms with Crippen molar-refractivity contribution in [3.63, 3.8) is 0 Å². The summed E-state index contributed by atoms with van der Waals surface area (Å²) in [7, 11) is 0. The fourth-order valence-electron chi connectivity index (χ4n) is 4.97. The van der Waals surface area contributed by atoms with Crippen molar-refractivity contribution in [3.8, 4) is 0 Å². The first-order valence-corrected chi connectivity index (χ1v) is 12.7. The molecule has 9 nitrogen and oxygen atoms in total. The number of rotatable bonds is 6. The van der Waals surface area contributed by atoms with Gasteiger partial charge in [-0.15, -0.1) is 0 Å². The molecule has 0 radical (unpaired) electrons. The molecule has 2 aliphatic heterocycles. The summed E-state index contributed by atoms with van der Waals surface area (Å²) in [5.74, 6) is 0.363. The topological polar surface area (TPSA) is 103 Å². The third kappa shape index (κ3) is 6.07. The first-order valence-electron chi connectivity index (χ1n) is 12.7. The molecule has 2 fully saturated rings. The number of aromatic amines is 1. The van der Waals surface area contributed by atoms with Crippen LogP contribution < -0.4 is 5.32 Å². The summed E-state index contributed by atoms with van der Waals surface area (Å²) >= 11 is 0. The number of hydrogen-bond acceptors (Lipinski definition) is 6. The number of ether oxygens (including phenoxy) is 1. The number of piperidine rings is 1. The monoisotopic (exact) mass is 530 g/mol. The second-order valence-corrected chi connectivity index (χ2v) is 9.85. The normalized spacial score (nSPS) is 18.8. The minimum Gasteiger partial charge on any atom is -0.445 e. The van der Waals surface area contributed by atoms with Crippen LogP contribution in [0.5, 0.6) is 0 Å². The highest BCUT2D eigenvalue weighted by Crippen LogP contribution is 2.29. The molecule has 3 aromatic rings. The summed E-state index contributed by atoms with van der Waals surface area (Å²) < 4.78 is 43.3. The average Bonchev–Trinajstić information content (AvgIpc) is 3.59. The zero-order chi connectivity index (χ0) is 26.7. The molecule has 2 N–H and O–H groups in total. The fourth-order valence-corrected chi connectivity index (χ4v) is 4.97. The van der Waals surface area contributed by atoms with E-state index in [1.54, 1.807) is 23.1 Å². The van der Waals surface area contributed by atoms with Crippen LogP contribution in [0.4, 0.5) is 18.0 Å². The maximum atomic E-state index is 12.9. The Morgan fingerprint density at radius 2 is 1.68 bits per heavy atom. The van der Waals surface area contributed by atoms with Gasteiger partial charge in [-0.1, -0.05) is 12.1 Å². The van der Waals surface area contributed by atoms with Gasteiger partial charge >= 0.3 is 12.3 Å². The number of hydrogen-bond donors (Lipinski definition) is 2. The van der Waals surface area contributed by atoms with E-state index in [1.165, 1.54) is 12.1 Å². The molecular weight excluding hydrogens is 501 g/mol. The summed E-state index contributed by atoms with van der Waals surface area (Å²) in [6.07, 6.45) is -2.36. The van der Waals surface area contributed by atoms with E-state index in [4.69, 9.17) is 4.74 Å². The highest BCUT2D eigenvalue weighted by Gasteiger charge is 2.31. The number of nitrogens with one attached hydrogen (secondary N) is 2. The van der Waals surface area contributed by atoms with Crippen LogP contribution >= 0.6 is 0 Å². The van der Waals surface area contributed by atoms with Gasteiger partial charge in [0, 0.05) is 37.8 Å². The lowest BCUT2D eigenvalue weighted by atomic mass is 10.0. The molecule has 12 heteroatoms. The van der Waals surface area contributed by atoms with Crippen LogP contribution in [0.1, 0.15) is 40.7 Å². The Morgan fingerprint density at radius 1 is 0.974 bits per heavy atom. The summed E-state index contributed by atoms with van der Waals surface area (Å²) in [5, 5.41) is 14.2. The highest BCUT2D eigenvalue weighted by atomic mass is 19.4. The molecule has 0 saturated carbocycles.